The van der Waals surface area contributed by atoms with E-state index in [1.807, 2.05) is 84.1 Å². The van der Waals surface area contributed by atoms with Crippen molar-refractivity contribution in [3.8, 4) is 39.9 Å². The minimum Gasteiger partial charge on any atom is -0.456 e. The Labute approximate surface area is 295 Å². The highest BCUT2D eigenvalue weighted by Gasteiger charge is 2.19. The Balaban J connectivity index is 1.14. The molecule has 0 radical (unpaired) electrons. The van der Waals surface area contributed by atoms with Crippen LogP contribution in [0, 0.1) is 0 Å². The van der Waals surface area contributed by atoms with Gasteiger partial charge in [-0.25, -0.2) is 15.0 Å². The van der Waals surface area contributed by atoms with Crippen molar-refractivity contribution in [3.63, 3.8) is 0 Å². The average molecular weight is 671 g/mol. The number of para-hydroxylation sites is 1. The summed E-state index contributed by atoms with van der Waals surface area (Å²) in [6, 6.07) is 54.9. The Kier molecular flexibility index (Phi) is 6.05. The standard InChI is InChI=1S/C45H26N4OS/c1-3-11-27(12-4-1)43-46-44(28-13-5-2-6-14-28)48-45(47-43)29-19-23-38-35(25-29)36-26-30(20-24-39(36)50-38)49-37-17-9-7-15-31(37)33-21-22-34-32-16-8-10-18-40(32)51-42(34)41(33)49/h1-26H. The second-order valence-electron chi connectivity index (χ2n) is 12.8. The molecule has 0 amide bonds. The molecule has 0 aliphatic carbocycles. The van der Waals surface area contributed by atoms with Gasteiger partial charge in [0.15, 0.2) is 17.5 Å². The molecule has 6 heteroatoms. The summed E-state index contributed by atoms with van der Waals surface area (Å²) in [6.45, 7) is 0. The Morgan fingerprint density at radius 2 is 1.02 bits per heavy atom. The monoisotopic (exact) mass is 670 g/mol. The average Bonchev–Trinajstić information content (AvgIpc) is 3.87. The number of rotatable bonds is 4. The molecule has 0 fully saturated rings. The van der Waals surface area contributed by atoms with Crippen molar-refractivity contribution in [2.24, 2.45) is 0 Å². The molecule has 7 aromatic carbocycles. The van der Waals surface area contributed by atoms with Gasteiger partial charge < -0.3 is 8.98 Å². The summed E-state index contributed by atoms with van der Waals surface area (Å²) in [5.74, 6) is 1.89. The number of benzene rings is 7. The zero-order valence-corrected chi connectivity index (χ0v) is 27.9. The van der Waals surface area contributed by atoms with Crippen LogP contribution in [0.4, 0.5) is 0 Å². The summed E-state index contributed by atoms with van der Waals surface area (Å²) >= 11 is 1.86. The second kappa shape index (κ2) is 10.9. The fourth-order valence-electron chi connectivity index (χ4n) is 7.48. The van der Waals surface area contributed by atoms with Crippen LogP contribution in [0.5, 0.6) is 0 Å². The van der Waals surface area contributed by atoms with Gasteiger partial charge >= 0.3 is 0 Å². The van der Waals surface area contributed by atoms with Crippen LogP contribution in [-0.4, -0.2) is 19.5 Å². The normalized spacial score (nSPS) is 11.9. The van der Waals surface area contributed by atoms with E-state index in [1.54, 1.807) is 0 Å². The topological polar surface area (TPSA) is 56.7 Å². The third kappa shape index (κ3) is 4.37. The van der Waals surface area contributed by atoms with Crippen LogP contribution >= 0.6 is 11.3 Å². The maximum Gasteiger partial charge on any atom is 0.164 e. The molecule has 0 aliphatic rings. The van der Waals surface area contributed by atoms with E-state index in [4.69, 9.17) is 19.4 Å². The van der Waals surface area contributed by atoms with Gasteiger partial charge in [0, 0.05) is 59.4 Å². The zero-order valence-electron chi connectivity index (χ0n) is 27.1. The third-order valence-corrected chi connectivity index (χ3v) is 11.0. The molecule has 11 aromatic rings. The number of hydrogen-bond donors (Lipinski definition) is 0. The van der Waals surface area contributed by atoms with Crippen molar-refractivity contribution in [2.45, 2.75) is 0 Å². The van der Waals surface area contributed by atoms with Crippen LogP contribution in [0.1, 0.15) is 0 Å². The van der Waals surface area contributed by atoms with Crippen LogP contribution in [0.2, 0.25) is 0 Å². The van der Waals surface area contributed by atoms with Crippen molar-refractivity contribution < 1.29 is 4.42 Å². The highest BCUT2D eigenvalue weighted by molar-refractivity contribution is 7.26. The lowest BCUT2D eigenvalue weighted by molar-refractivity contribution is 0.669. The third-order valence-electron chi connectivity index (χ3n) is 9.85. The molecule has 4 aromatic heterocycles. The van der Waals surface area contributed by atoms with Crippen LogP contribution in [0.15, 0.2) is 162 Å². The van der Waals surface area contributed by atoms with Gasteiger partial charge in [-0.15, -0.1) is 11.3 Å². The van der Waals surface area contributed by atoms with E-state index in [0.717, 1.165) is 44.3 Å². The molecule has 0 aliphatic heterocycles. The summed E-state index contributed by atoms with van der Waals surface area (Å²) in [5, 5.41) is 7.13. The predicted molar refractivity (Wildman–Crippen MR) is 211 cm³/mol. The first-order chi connectivity index (χ1) is 25.3. The van der Waals surface area contributed by atoms with E-state index in [0.29, 0.717) is 17.5 Å². The minimum absolute atomic E-state index is 0.615. The summed E-state index contributed by atoms with van der Waals surface area (Å²) in [7, 11) is 0. The fraction of sp³-hybridized carbons (Fsp3) is 0. The van der Waals surface area contributed by atoms with E-state index >= 15 is 0 Å². The van der Waals surface area contributed by atoms with Gasteiger partial charge in [0.05, 0.1) is 15.7 Å². The van der Waals surface area contributed by atoms with Gasteiger partial charge in [-0.1, -0.05) is 109 Å². The van der Waals surface area contributed by atoms with E-state index in [1.165, 1.54) is 42.0 Å². The number of hydrogen-bond acceptors (Lipinski definition) is 5. The Hall–Kier alpha value is -6.63. The van der Waals surface area contributed by atoms with Gasteiger partial charge in [0.1, 0.15) is 11.2 Å². The van der Waals surface area contributed by atoms with Gasteiger partial charge in [-0.05, 0) is 48.5 Å². The van der Waals surface area contributed by atoms with Crippen molar-refractivity contribution >= 4 is 75.3 Å². The molecule has 238 valence electrons. The smallest absolute Gasteiger partial charge is 0.164 e. The molecule has 0 unspecified atom stereocenters. The lowest BCUT2D eigenvalue weighted by Gasteiger charge is -2.09. The van der Waals surface area contributed by atoms with E-state index < -0.39 is 0 Å². The molecular formula is C45H26N4OS. The Morgan fingerprint density at radius 1 is 0.431 bits per heavy atom. The first kappa shape index (κ1) is 28.2. The summed E-state index contributed by atoms with van der Waals surface area (Å²) in [6.07, 6.45) is 0. The summed E-state index contributed by atoms with van der Waals surface area (Å²) < 4.78 is 11.4. The Morgan fingerprint density at radius 3 is 1.76 bits per heavy atom. The van der Waals surface area contributed by atoms with Crippen molar-refractivity contribution in [2.75, 3.05) is 0 Å². The predicted octanol–water partition coefficient (Wildman–Crippen LogP) is 12.2. The van der Waals surface area contributed by atoms with Crippen molar-refractivity contribution in [1.82, 2.24) is 19.5 Å². The number of thiophene rings is 1. The number of furan rings is 1. The molecule has 11 rings (SSSR count). The molecule has 0 atom stereocenters. The lowest BCUT2D eigenvalue weighted by atomic mass is 10.1. The minimum atomic E-state index is 0.615. The molecule has 0 saturated heterocycles. The number of fused-ring (bicyclic) bond motifs is 10. The van der Waals surface area contributed by atoms with Crippen LogP contribution in [0.25, 0.3) is 104 Å². The Bertz CT molecular complexity index is 3080. The number of nitrogens with zero attached hydrogens (tertiary/aromatic N) is 4. The summed E-state index contributed by atoms with van der Waals surface area (Å²) in [5.41, 5.74) is 7.94. The highest BCUT2D eigenvalue weighted by atomic mass is 32.1. The quantitative estimate of drug-likeness (QED) is 0.187. The first-order valence-electron chi connectivity index (χ1n) is 16.9. The molecular weight excluding hydrogens is 645 g/mol. The molecule has 0 saturated carbocycles. The highest BCUT2D eigenvalue weighted by Crippen LogP contribution is 2.43. The maximum absolute atomic E-state index is 6.43. The number of aromatic nitrogens is 4. The first-order valence-corrected chi connectivity index (χ1v) is 17.8. The van der Waals surface area contributed by atoms with Crippen molar-refractivity contribution in [3.05, 3.63) is 158 Å². The van der Waals surface area contributed by atoms with E-state index in [-0.39, 0.29) is 0 Å². The molecule has 0 spiro atoms. The zero-order chi connectivity index (χ0) is 33.5. The van der Waals surface area contributed by atoms with Crippen LogP contribution in [-0.2, 0) is 0 Å². The molecule has 51 heavy (non-hydrogen) atoms. The molecule has 0 bridgehead atoms. The fourth-order valence-corrected chi connectivity index (χ4v) is 8.72. The SMILES string of the molecule is c1ccc(-c2nc(-c3ccccc3)nc(-c3ccc4oc5ccc(-n6c7ccccc7c7ccc8c9ccccc9sc8c76)cc5c4c3)n2)cc1. The largest absolute Gasteiger partial charge is 0.456 e. The van der Waals surface area contributed by atoms with Gasteiger partial charge in [-0.2, -0.15) is 0 Å². The van der Waals surface area contributed by atoms with Gasteiger partial charge in [0.25, 0.3) is 0 Å². The van der Waals surface area contributed by atoms with Crippen LogP contribution < -0.4 is 0 Å². The lowest BCUT2D eigenvalue weighted by Crippen LogP contribution is -2.00. The maximum atomic E-state index is 6.43. The van der Waals surface area contributed by atoms with Crippen LogP contribution in [0.3, 0.4) is 0 Å². The van der Waals surface area contributed by atoms with E-state index in [9.17, 15) is 0 Å². The summed E-state index contributed by atoms with van der Waals surface area (Å²) in [4.78, 5) is 14.9. The second-order valence-corrected chi connectivity index (χ2v) is 13.9. The van der Waals surface area contributed by atoms with E-state index in [2.05, 4.69) is 89.5 Å². The van der Waals surface area contributed by atoms with Gasteiger partial charge in [0.2, 0.25) is 0 Å². The van der Waals surface area contributed by atoms with Gasteiger partial charge in [-0.3, -0.25) is 0 Å². The molecule has 4 heterocycles. The molecule has 5 nitrogen and oxygen atoms in total. The van der Waals surface area contributed by atoms with Crippen molar-refractivity contribution in [1.29, 1.82) is 0 Å². The molecule has 0 N–H and O–H groups in total.